The van der Waals surface area contributed by atoms with Crippen molar-refractivity contribution in [2.45, 2.75) is 26.9 Å². The lowest BCUT2D eigenvalue weighted by Gasteiger charge is -2.24. The van der Waals surface area contributed by atoms with Crippen molar-refractivity contribution in [3.8, 4) is 0 Å². The zero-order valence-electron chi connectivity index (χ0n) is 18.1. The Balaban J connectivity index is 1.59. The maximum Gasteiger partial charge on any atom is 0.254 e. The van der Waals surface area contributed by atoms with Crippen LogP contribution >= 0.6 is 0 Å². The van der Waals surface area contributed by atoms with Gasteiger partial charge in [-0.3, -0.25) is 4.79 Å². The summed E-state index contributed by atoms with van der Waals surface area (Å²) < 4.78 is 1.77. The molecule has 3 aromatic carbocycles. The van der Waals surface area contributed by atoms with E-state index in [4.69, 9.17) is 0 Å². The zero-order chi connectivity index (χ0) is 22.1. The summed E-state index contributed by atoms with van der Waals surface area (Å²) in [6.45, 7) is 4.95. The van der Waals surface area contributed by atoms with Crippen LogP contribution in [0.4, 0.5) is 0 Å². The molecule has 0 aliphatic heterocycles. The molecule has 0 spiro atoms. The van der Waals surface area contributed by atoms with E-state index in [-0.39, 0.29) is 5.91 Å². The summed E-state index contributed by atoms with van der Waals surface area (Å²) in [7, 11) is 0. The van der Waals surface area contributed by atoms with Crippen LogP contribution in [-0.4, -0.2) is 30.8 Å². The molecule has 5 aromatic rings. The highest BCUT2D eigenvalue weighted by Gasteiger charge is 2.20. The maximum atomic E-state index is 13.5. The summed E-state index contributed by atoms with van der Waals surface area (Å²) in [6.07, 6.45) is 0. The summed E-state index contributed by atoms with van der Waals surface area (Å²) in [4.78, 5) is 15.4. The second kappa shape index (κ2) is 8.23. The molecular formula is C26H23N5O. The minimum absolute atomic E-state index is 0.0242. The number of carbonyl (C=O) groups excluding carboxylic acids is 1. The van der Waals surface area contributed by atoms with Gasteiger partial charge in [0, 0.05) is 23.1 Å². The monoisotopic (exact) mass is 421 g/mol. The molecule has 0 unspecified atom stereocenters. The van der Waals surface area contributed by atoms with Gasteiger partial charge >= 0.3 is 0 Å². The summed E-state index contributed by atoms with van der Waals surface area (Å²) in [5.74, 6) is -0.0242. The van der Waals surface area contributed by atoms with Crippen molar-refractivity contribution in [2.75, 3.05) is 0 Å². The molecule has 32 heavy (non-hydrogen) atoms. The van der Waals surface area contributed by atoms with Gasteiger partial charge in [-0.25, -0.2) is 0 Å². The fraction of sp³-hybridized carbons (Fsp3) is 0.154. The second-order valence-corrected chi connectivity index (χ2v) is 8.11. The van der Waals surface area contributed by atoms with Gasteiger partial charge in [0.2, 0.25) is 0 Å². The Morgan fingerprint density at radius 1 is 0.906 bits per heavy atom. The molecule has 0 fully saturated rings. The van der Waals surface area contributed by atoms with E-state index in [1.165, 1.54) is 0 Å². The number of carbonyl (C=O) groups is 1. The Labute approximate surface area is 186 Å². The molecule has 0 N–H and O–H groups in total. The fourth-order valence-electron chi connectivity index (χ4n) is 4.08. The molecule has 1 amide bonds. The highest BCUT2D eigenvalue weighted by molar-refractivity contribution is 5.94. The van der Waals surface area contributed by atoms with Gasteiger partial charge in [-0.05, 0) is 53.6 Å². The highest BCUT2D eigenvalue weighted by Crippen LogP contribution is 2.24. The third-order valence-electron chi connectivity index (χ3n) is 5.73. The first-order valence-electron chi connectivity index (χ1n) is 10.6. The van der Waals surface area contributed by atoms with E-state index in [0.717, 1.165) is 33.2 Å². The summed E-state index contributed by atoms with van der Waals surface area (Å²) in [5, 5.41) is 13.5. The van der Waals surface area contributed by atoms with Gasteiger partial charge in [0.25, 0.3) is 5.91 Å². The standard InChI is InChI=1S/C26H23N5O/c1-18-11-13-21(14-12-18)26(32)30(16-20-8-4-3-5-9-20)17-23-15-22-10-6-7-19(2)24(22)31-25(23)27-28-29-31/h3-15H,16-17H2,1-2H3. The molecule has 5 rings (SSSR count). The Morgan fingerprint density at radius 2 is 1.69 bits per heavy atom. The van der Waals surface area contributed by atoms with Crippen molar-refractivity contribution in [3.05, 3.63) is 107 Å². The van der Waals surface area contributed by atoms with Crippen molar-refractivity contribution >= 4 is 22.5 Å². The Hall–Kier alpha value is -4.06. The normalized spacial score (nSPS) is 11.2. The second-order valence-electron chi connectivity index (χ2n) is 8.11. The minimum Gasteiger partial charge on any atom is -0.330 e. The lowest BCUT2D eigenvalue weighted by Crippen LogP contribution is -2.30. The number of pyridine rings is 1. The van der Waals surface area contributed by atoms with Crippen LogP contribution < -0.4 is 0 Å². The van der Waals surface area contributed by atoms with Gasteiger partial charge in [-0.1, -0.05) is 66.2 Å². The number of rotatable bonds is 5. The van der Waals surface area contributed by atoms with E-state index in [1.54, 1.807) is 4.52 Å². The van der Waals surface area contributed by atoms with Gasteiger partial charge in [0.05, 0.1) is 12.1 Å². The van der Waals surface area contributed by atoms with E-state index in [9.17, 15) is 4.79 Å². The van der Waals surface area contributed by atoms with Crippen LogP contribution in [0.1, 0.15) is 32.6 Å². The maximum absolute atomic E-state index is 13.5. The molecule has 0 aliphatic rings. The Kier molecular flexibility index (Phi) is 5.11. The predicted octanol–water partition coefficient (Wildman–Crippen LogP) is 4.74. The van der Waals surface area contributed by atoms with Gasteiger partial charge < -0.3 is 4.90 Å². The fourth-order valence-corrected chi connectivity index (χ4v) is 4.08. The molecule has 0 bridgehead atoms. The van der Waals surface area contributed by atoms with Gasteiger partial charge in [0.1, 0.15) is 0 Å². The van der Waals surface area contributed by atoms with E-state index >= 15 is 0 Å². The van der Waals surface area contributed by atoms with E-state index < -0.39 is 0 Å². The van der Waals surface area contributed by atoms with Crippen LogP contribution in [0.15, 0.2) is 78.9 Å². The largest absolute Gasteiger partial charge is 0.330 e. The lowest BCUT2D eigenvalue weighted by molar-refractivity contribution is 0.0730. The number of amides is 1. The molecule has 0 aliphatic carbocycles. The molecule has 158 valence electrons. The number of nitrogens with zero attached hydrogens (tertiary/aromatic N) is 5. The van der Waals surface area contributed by atoms with Gasteiger partial charge in [0.15, 0.2) is 5.65 Å². The SMILES string of the molecule is Cc1ccc(C(=O)N(Cc2ccccc2)Cc2cc3cccc(C)c3n3nnnc23)cc1. The topological polar surface area (TPSA) is 63.4 Å². The van der Waals surface area contributed by atoms with Crippen molar-refractivity contribution in [3.63, 3.8) is 0 Å². The number of benzene rings is 3. The van der Waals surface area contributed by atoms with Crippen LogP contribution in [0.3, 0.4) is 0 Å². The van der Waals surface area contributed by atoms with Crippen LogP contribution in [0, 0.1) is 13.8 Å². The van der Waals surface area contributed by atoms with E-state index in [2.05, 4.69) is 27.7 Å². The number of tetrazole rings is 1. The Bertz CT molecular complexity index is 1410. The van der Waals surface area contributed by atoms with Crippen LogP contribution in [0.5, 0.6) is 0 Å². The van der Waals surface area contributed by atoms with Crippen molar-refractivity contribution < 1.29 is 4.79 Å². The lowest BCUT2D eigenvalue weighted by atomic mass is 10.1. The first-order valence-corrected chi connectivity index (χ1v) is 10.6. The van der Waals surface area contributed by atoms with Gasteiger partial charge in [-0.15, -0.1) is 5.10 Å². The van der Waals surface area contributed by atoms with Crippen molar-refractivity contribution in [1.82, 2.24) is 24.9 Å². The van der Waals surface area contributed by atoms with Crippen LogP contribution in [0.2, 0.25) is 0 Å². The first kappa shape index (κ1) is 19.9. The molecule has 6 heteroatoms. The van der Waals surface area contributed by atoms with E-state index in [1.807, 2.05) is 85.5 Å². The molecule has 0 radical (unpaired) electrons. The number of hydrogen-bond acceptors (Lipinski definition) is 4. The molecule has 2 aromatic heterocycles. The molecule has 6 nitrogen and oxygen atoms in total. The molecule has 2 heterocycles. The summed E-state index contributed by atoms with van der Waals surface area (Å²) in [6, 6.07) is 25.9. The van der Waals surface area contributed by atoms with Crippen LogP contribution in [0.25, 0.3) is 16.6 Å². The highest BCUT2D eigenvalue weighted by atomic mass is 16.2. The van der Waals surface area contributed by atoms with Crippen LogP contribution in [-0.2, 0) is 13.1 Å². The number of aryl methyl sites for hydroxylation is 2. The molecule has 0 atom stereocenters. The first-order chi connectivity index (χ1) is 15.6. The average Bonchev–Trinajstić information content (AvgIpc) is 3.30. The quantitative estimate of drug-likeness (QED) is 0.411. The summed E-state index contributed by atoms with van der Waals surface area (Å²) >= 11 is 0. The van der Waals surface area contributed by atoms with E-state index in [0.29, 0.717) is 24.3 Å². The molecular weight excluding hydrogens is 398 g/mol. The number of fused-ring (bicyclic) bond motifs is 3. The number of para-hydroxylation sites is 1. The smallest absolute Gasteiger partial charge is 0.254 e. The number of hydrogen-bond donors (Lipinski definition) is 0. The van der Waals surface area contributed by atoms with Crippen molar-refractivity contribution in [2.24, 2.45) is 0 Å². The Morgan fingerprint density at radius 3 is 2.47 bits per heavy atom. The third kappa shape index (κ3) is 3.71. The average molecular weight is 422 g/mol. The number of aromatic nitrogens is 4. The van der Waals surface area contributed by atoms with Crippen molar-refractivity contribution in [1.29, 1.82) is 0 Å². The molecule has 0 saturated heterocycles. The summed E-state index contributed by atoms with van der Waals surface area (Å²) in [5.41, 5.74) is 6.52. The minimum atomic E-state index is -0.0242. The predicted molar refractivity (Wildman–Crippen MR) is 124 cm³/mol. The zero-order valence-corrected chi connectivity index (χ0v) is 18.1. The third-order valence-corrected chi connectivity index (χ3v) is 5.73. The molecule has 0 saturated carbocycles. The van der Waals surface area contributed by atoms with Gasteiger partial charge in [-0.2, -0.15) is 4.52 Å².